The van der Waals surface area contributed by atoms with Crippen molar-refractivity contribution in [1.29, 1.82) is 0 Å². The lowest BCUT2D eigenvalue weighted by Crippen LogP contribution is -2.54. The monoisotopic (exact) mass is 406 g/mol. The van der Waals surface area contributed by atoms with E-state index in [1.165, 1.54) is 28.6 Å². The molecule has 0 N–H and O–H groups in total. The van der Waals surface area contributed by atoms with Crippen molar-refractivity contribution in [3.8, 4) is 0 Å². The van der Waals surface area contributed by atoms with Crippen LogP contribution in [-0.2, 0) is 10.0 Å². The Morgan fingerprint density at radius 3 is 2.25 bits per heavy atom. The second-order valence-corrected chi connectivity index (χ2v) is 8.30. The molecule has 3 rings (SSSR count). The Morgan fingerprint density at radius 2 is 1.68 bits per heavy atom. The Bertz CT molecular complexity index is 1010. The number of nitro groups is 2. The zero-order chi connectivity index (χ0) is 20.5. The number of sulfonamides is 1. The third kappa shape index (κ3) is 3.66. The third-order valence-electron chi connectivity index (χ3n) is 4.62. The van der Waals surface area contributed by atoms with E-state index >= 15 is 0 Å². The lowest BCUT2D eigenvalue weighted by molar-refractivity contribution is -0.393. The first kappa shape index (κ1) is 19.7. The molecule has 1 heterocycles. The van der Waals surface area contributed by atoms with Crippen LogP contribution in [0.4, 0.5) is 17.1 Å². The number of nitrogens with zero attached hydrogens (tertiary/aromatic N) is 4. The Labute approximate surface area is 161 Å². The van der Waals surface area contributed by atoms with E-state index in [1.54, 1.807) is 30.0 Å². The first-order chi connectivity index (χ1) is 13.2. The minimum atomic E-state index is -3.68. The molecule has 10 nitrogen and oxygen atoms in total. The molecule has 1 saturated heterocycles. The van der Waals surface area contributed by atoms with Gasteiger partial charge in [-0.3, -0.25) is 20.2 Å². The molecule has 0 bridgehead atoms. The first-order valence-corrected chi connectivity index (χ1v) is 9.90. The number of hydrogen-bond acceptors (Lipinski definition) is 7. The summed E-state index contributed by atoms with van der Waals surface area (Å²) in [6.45, 7) is 2.33. The van der Waals surface area contributed by atoms with Crippen LogP contribution < -0.4 is 4.90 Å². The van der Waals surface area contributed by atoms with Gasteiger partial charge in [0, 0.05) is 31.7 Å². The Kier molecular flexibility index (Phi) is 5.29. The molecule has 2 aromatic carbocycles. The Balaban J connectivity index is 1.87. The highest BCUT2D eigenvalue weighted by atomic mass is 32.2. The highest BCUT2D eigenvalue weighted by Gasteiger charge is 2.35. The maximum absolute atomic E-state index is 12.9. The molecule has 148 valence electrons. The molecule has 0 radical (unpaired) electrons. The molecule has 0 saturated carbocycles. The zero-order valence-electron chi connectivity index (χ0n) is 15.0. The van der Waals surface area contributed by atoms with E-state index in [4.69, 9.17) is 0 Å². The molecule has 1 aliphatic rings. The standard InChI is InChI=1S/C17H18N4O6S/c1-13-12-18(16-8-7-14(20(22)23)11-17(16)21(24)25)9-10-19(13)28(26,27)15-5-3-2-4-6-15/h2-8,11,13H,9-10,12H2,1H3/t13-/m0/s1. The van der Waals surface area contributed by atoms with Gasteiger partial charge >= 0.3 is 0 Å². The molecular formula is C17H18N4O6S. The number of anilines is 1. The van der Waals surface area contributed by atoms with Crippen LogP contribution in [0.15, 0.2) is 53.4 Å². The summed E-state index contributed by atoms with van der Waals surface area (Å²) in [5.74, 6) is 0. The van der Waals surface area contributed by atoms with Crippen molar-refractivity contribution in [1.82, 2.24) is 4.31 Å². The van der Waals surface area contributed by atoms with Gasteiger partial charge < -0.3 is 4.90 Å². The Morgan fingerprint density at radius 1 is 1.00 bits per heavy atom. The highest BCUT2D eigenvalue weighted by Crippen LogP contribution is 2.34. The van der Waals surface area contributed by atoms with Crippen LogP contribution in [0.5, 0.6) is 0 Å². The van der Waals surface area contributed by atoms with E-state index in [-0.39, 0.29) is 41.6 Å². The summed E-state index contributed by atoms with van der Waals surface area (Å²) in [6, 6.07) is 11.1. The summed E-state index contributed by atoms with van der Waals surface area (Å²) >= 11 is 0. The van der Waals surface area contributed by atoms with Gasteiger partial charge in [0.1, 0.15) is 5.69 Å². The normalized spacial score (nSPS) is 18.0. The number of nitro benzene ring substituents is 2. The Hall–Kier alpha value is -3.05. The minimum Gasteiger partial charge on any atom is -0.363 e. The number of benzene rings is 2. The van der Waals surface area contributed by atoms with Crippen molar-refractivity contribution in [2.75, 3.05) is 24.5 Å². The zero-order valence-corrected chi connectivity index (χ0v) is 15.8. The predicted molar refractivity (Wildman–Crippen MR) is 102 cm³/mol. The number of non-ortho nitro benzene ring substituents is 1. The van der Waals surface area contributed by atoms with E-state index in [9.17, 15) is 28.6 Å². The maximum Gasteiger partial charge on any atom is 0.299 e. The molecule has 28 heavy (non-hydrogen) atoms. The van der Waals surface area contributed by atoms with E-state index in [1.807, 2.05) is 0 Å². The van der Waals surface area contributed by atoms with Gasteiger partial charge in [0.25, 0.3) is 11.4 Å². The number of hydrogen-bond donors (Lipinski definition) is 0. The van der Waals surface area contributed by atoms with Crippen molar-refractivity contribution >= 4 is 27.1 Å². The van der Waals surface area contributed by atoms with Crippen LogP contribution >= 0.6 is 0 Å². The topological polar surface area (TPSA) is 127 Å². The summed E-state index contributed by atoms with van der Waals surface area (Å²) in [7, 11) is -3.68. The highest BCUT2D eigenvalue weighted by molar-refractivity contribution is 7.89. The van der Waals surface area contributed by atoms with Gasteiger partial charge in [-0.15, -0.1) is 0 Å². The molecule has 0 amide bonds. The van der Waals surface area contributed by atoms with Crippen molar-refractivity contribution in [3.63, 3.8) is 0 Å². The molecule has 2 aromatic rings. The van der Waals surface area contributed by atoms with E-state index in [0.717, 1.165) is 6.07 Å². The van der Waals surface area contributed by atoms with Crippen LogP contribution in [0, 0.1) is 20.2 Å². The fraction of sp³-hybridized carbons (Fsp3) is 0.294. The molecule has 0 aromatic heterocycles. The SMILES string of the molecule is C[C@H]1CN(c2ccc([N+](=O)[O-])cc2[N+](=O)[O-])CCN1S(=O)(=O)c1ccccc1. The van der Waals surface area contributed by atoms with Crippen molar-refractivity contribution < 1.29 is 18.3 Å². The van der Waals surface area contributed by atoms with E-state index in [2.05, 4.69) is 0 Å². The molecule has 0 aliphatic carbocycles. The second-order valence-electron chi connectivity index (χ2n) is 6.41. The molecule has 1 aliphatic heterocycles. The second kappa shape index (κ2) is 7.52. The molecule has 1 atom stereocenters. The summed E-state index contributed by atoms with van der Waals surface area (Å²) in [4.78, 5) is 22.8. The van der Waals surface area contributed by atoms with Gasteiger partial charge in [0.2, 0.25) is 10.0 Å². The van der Waals surface area contributed by atoms with Gasteiger partial charge in [-0.2, -0.15) is 4.31 Å². The van der Waals surface area contributed by atoms with Crippen LogP contribution in [-0.4, -0.2) is 48.2 Å². The average Bonchev–Trinajstić information content (AvgIpc) is 2.67. The van der Waals surface area contributed by atoms with Gasteiger partial charge in [-0.1, -0.05) is 18.2 Å². The van der Waals surface area contributed by atoms with E-state index in [0.29, 0.717) is 0 Å². The summed E-state index contributed by atoms with van der Waals surface area (Å²) in [6.07, 6.45) is 0. The average molecular weight is 406 g/mol. The van der Waals surface area contributed by atoms with Crippen molar-refractivity contribution in [2.24, 2.45) is 0 Å². The summed E-state index contributed by atoms with van der Waals surface area (Å²) < 4.78 is 27.1. The third-order valence-corrected chi connectivity index (χ3v) is 6.65. The van der Waals surface area contributed by atoms with Crippen molar-refractivity contribution in [2.45, 2.75) is 17.9 Å². The lowest BCUT2D eigenvalue weighted by Gasteiger charge is -2.39. The number of rotatable bonds is 5. The number of piperazine rings is 1. The van der Waals surface area contributed by atoms with Gasteiger partial charge in [-0.25, -0.2) is 8.42 Å². The first-order valence-electron chi connectivity index (χ1n) is 8.46. The molecule has 11 heteroatoms. The van der Waals surface area contributed by atoms with Gasteiger partial charge in [0.15, 0.2) is 0 Å². The van der Waals surface area contributed by atoms with Gasteiger partial charge in [0.05, 0.1) is 20.8 Å². The molecule has 0 unspecified atom stereocenters. The fourth-order valence-electron chi connectivity index (χ4n) is 3.28. The van der Waals surface area contributed by atoms with E-state index < -0.39 is 25.9 Å². The minimum absolute atomic E-state index is 0.145. The lowest BCUT2D eigenvalue weighted by atomic mass is 10.1. The summed E-state index contributed by atoms with van der Waals surface area (Å²) in [5, 5.41) is 22.3. The quantitative estimate of drug-likeness (QED) is 0.551. The predicted octanol–water partition coefficient (Wildman–Crippen LogP) is 2.40. The fourth-order valence-corrected chi connectivity index (χ4v) is 4.92. The van der Waals surface area contributed by atoms with Gasteiger partial charge in [-0.05, 0) is 25.1 Å². The smallest absolute Gasteiger partial charge is 0.299 e. The maximum atomic E-state index is 12.9. The molecular weight excluding hydrogens is 388 g/mol. The largest absolute Gasteiger partial charge is 0.363 e. The van der Waals surface area contributed by atoms with Crippen LogP contribution in [0.3, 0.4) is 0 Å². The van der Waals surface area contributed by atoms with Crippen LogP contribution in [0.1, 0.15) is 6.92 Å². The van der Waals surface area contributed by atoms with Crippen LogP contribution in [0.2, 0.25) is 0 Å². The van der Waals surface area contributed by atoms with Crippen LogP contribution in [0.25, 0.3) is 0 Å². The summed E-state index contributed by atoms with van der Waals surface area (Å²) in [5.41, 5.74) is -0.506. The van der Waals surface area contributed by atoms with Crippen molar-refractivity contribution in [3.05, 3.63) is 68.8 Å². The molecule has 0 spiro atoms. The molecule has 1 fully saturated rings.